The largest absolute Gasteiger partial charge is 0.386 e. The maximum absolute atomic E-state index is 11.9. The minimum atomic E-state index is -0.910. The summed E-state index contributed by atoms with van der Waals surface area (Å²) in [6, 6.07) is 6.13. The van der Waals surface area contributed by atoms with Crippen LogP contribution < -0.4 is 4.90 Å². The molecule has 2 aliphatic rings. The molecule has 1 spiro atoms. The third kappa shape index (κ3) is 2.80. The molecule has 0 radical (unpaired) electrons. The van der Waals surface area contributed by atoms with E-state index in [9.17, 15) is 9.90 Å². The average molecular weight is 392 g/mol. The van der Waals surface area contributed by atoms with Crippen LogP contribution in [0.4, 0.5) is 10.8 Å². The molecule has 2 aliphatic heterocycles. The molecule has 2 aromatic rings. The summed E-state index contributed by atoms with van der Waals surface area (Å²) in [5.74, 6) is 0.109. The lowest BCUT2D eigenvalue weighted by molar-refractivity contribution is -0.127. The van der Waals surface area contributed by atoms with Gasteiger partial charge >= 0.3 is 0 Å². The van der Waals surface area contributed by atoms with Gasteiger partial charge in [-0.25, -0.2) is 4.98 Å². The fourth-order valence-corrected chi connectivity index (χ4v) is 5.00. The van der Waals surface area contributed by atoms with Crippen molar-refractivity contribution in [1.82, 2.24) is 9.88 Å². The zero-order chi connectivity index (χ0) is 18.7. The number of rotatable bonds is 2. The second-order valence-corrected chi connectivity index (χ2v) is 9.44. The quantitative estimate of drug-likeness (QED) is 0.848. The van der Waals surface area contributed by atoms with E-state index in [1.54, 1.807) is 27.0 Å². The van der Waals surface area contributed by atoms with Crippen molar-refractivity contribution >= 4 is 39.7 Å². The molecule has 5 nitrogen and oxygen atoms in total. The number of anilines is 2. The molecule has 7 heteroatoms. The van der Waals surface area contributed by atoms with Gasteiger partial charge in [0.05, 0.1) is 11.8 Å². The summed E-state index contributed by atoms with van der Waals surface area (Å²) in [5, 5.41) is 11.3. The van der Waals surface area contributed by atoms with Crippen molar-refractivity contribution < 1.29 is 9.90 Å². The third-order valence-electron chi connectivity index (χ3n) is 5.52. The van der Waals surface area contributed by atoms with Gasteiger partial charge in [-0.1, -0.05) is 35.1 Å². The molecule has 138 valence electrons. The lowest BCUT2D eigenvalue weighted by Gasteiger charge is -2.26. The molecule has 1 saturated heterocycles. The van der Waals surface area contributed by atoms with Crippen LogP contribution in [0.5, 0.6) is 0 Å². The van der Waals surface area contributed by atoms with Crippen molar-refractivity contribution in [3.63, 3.8) is 0 Å². The molecule has 0 aliphatic carbocycles. The molecular formula is C19H22ClN3O2S. The zero-order valence-corrected chi connectivity index (χ0v) is 16.7. The molecule has 1 amide bonds. The van der Waals surface area contributed by atoms with Gasteiger partial charge < -0.3 is 14.9 Å². The minimum absolute atomic E-state index is 0.109. The average Bonchev–Trinajstić information content (AvgIpc) is 3.25. The highest BCUT2D eigenvalue weighted by atomic mass is 35.5. The van der Waals surface area contributed by atoms with E-state index in [4.69, 9.17) is 11.6 Å². The number of carbonyl (C=O) groups is 1. The summed E-state index contributed by atoms with van der Waals surface area (Å²) in [6.45, 7) is 7.44. The van der Waals surface area contributed by atoms with Gasteiger partial charge in [0, 0.05) is 37.7 Å². The maximum atomic E-state index is 11.9. The number of carbonyl (C=O) groups excluding carboxylic acids is 1. The Kier molecular flexibility index (Phi) is 4.06. The lowest BCUT2D eigenvalue weighted by atomic mass is 9.80. The molecule has 26 heavy (non-hydrogen) atoms. The fraction of sp³-hybridized carbons (Fsp3) is 0.474. The van der Waals surface area contributed by atoms with E-state index in [1.165, 1.54) is 16.9 Å². The summed E-state index contributed by atoms with van der Waals surface area (Å²) in [7, 11) is 0. The Morgan fingerprint density at radius 3 is 2.73 bits per heavy atom. The van der Waals surface area contributed by atoms with Crippen molar-refractivity contribution in [2.75, 3.05) is 24.5 Å². The first kappa shape index (κ1) is 17.8. The van der Waals surface area contributed by atoms with Crippen LogP contribution >= 0.6 is 22.9 Å². The first-order chi connectivity index (χ1) is 12.2. The number of benzene rings is 1. The van der Waals surface area contributed by atoms with Gasteiger partial charge in [0.25, 0.3) is 0 Å². The molecule has 3 heterocycles. The zero-order valence-electron chi connectivity index (χ0n) is 15.1. The predicted molar refractivity (Wildman–Crippen MR) is 104 cm³/mol. The third-order valence-corrected chi connectivity index (χ3v) is 6.66. The van der Waals surface area contributed by atoms with Crippen molar-refractivity contribution in [2.24, 2.45) is 0 Å². The van der Waals surface area contributed by atoms with E-state index in [0.717, 1.165) is 35.9 Å². The van der Waals surface area contributed by atoms with Gasteiger partial charge in [0.1, 0.15) is 4.34 Å². The molecule has 1 aromatic heterocycles. The Morgan fingerprint density at radius 2 is 2.15 bits per heavy atom. The summed E-state index contributed by atoms with van der Waals surface area (Å²) in [5.41, 5.74) is 2.12. The number of likely N-dealkylation sites (tertiary alicyclic amines) is 1. The summed E-state index contributed by atoms with van der Waals surface area (Å²) >= 11 is 7.57. The highest BCUT2D eigenvalue weighted by molar-refractivity contribution is 7.19. The number of nitrogens with zero attached hydrogens (tertiary/aromatic N) is 3. The second kappa shape index (κ2) is 5.94. The standard InChI is InChI=1S/C19H22ClN3O2S/c1-12(24)22-7-6-19(10-22)11-23(17-21-9-16(20)26-17)15-5-4-13(8-14(15)19)18(2,3)25/h4-5,8-9,25H,6-7,10-11H2,1-3H3. The van der Waals surface area contributed by atoms with Crippen LogP contribution in [0, 0.1) is 0 Å². The number of hydrogen-bond donors (Lipinski definition) is 1. The van der Waals surface area contributed by atoms with E-state index in [-0.39, 0.29) is 11.3 Å². The number of aliphatic hydroxyl groups is 1. The van der Waals surface area contributed by atoms with E-state index < -0.39 is 5.60 Å². The summed E-state index contributed by atoms with van der Waals surface area (Å²) in [4.78, 5) is 20.5. The van der Waals surface area contributed by atoms with Gasteiger partial charge in [-0.2, -0.15) is 0 Å². The number of thiazole rings is 1. The number of fused-ring (bicyclic) bond motifs is 2. The van der Waals surface area contributed by atoms with E-state index >= 15 is 0 Å². The van der Waals surface area contributed by atoms with Crippen LogP contribution in [0.1, 0.15) is 38.3 Å². The fourth-order valence-electron chi connectivity index (χ4n) is 4.08. The summed E-state index contributed by atoms with van der Waals surface area (Å²) in [6.07, 6.45) is 2.58. The van der Waals surface area contributed by atoms with E-state index in [2.05, 4.69) is 22.0 Å². The minimum Gasteiger partial charge on any atom is -0.386 e. The SMILES string of the molecule is CC(=O)N1CCC2(C1)CN(c1ncc(Cl)s1)c1ccc(C(C)(C)O)cc12. The highest BCUT2D eigenvalue weighted by Crippen LogP contribution is 2.50. The molecular weight excluding hydrogens is 370 g/mol. The first-order valence-electron chi connectivity index (χ1n) is 8.71. The Labute approximate surface area is 162 Å². The summed E-state index contributed by atoms with van der Waals surface area (Å²) < 4.78 is 0.660. The van der Waals surface area contributed by atoms with Crippen LogP contribution in [-0.4, -0.2) is 40.5 Å². The molecule has 1 unspecified atom stereocenters. The van der Waals surface area contributed by atoms with Crippen molar-refractivity contribution in [2.45, 2.75) is 38.2 Å². The topological polar surface area (TPSA) is 56.7 Å². The molecule has 4 rings (SSSR count). The predicted octanol–water partition coefficient (Wildman–Crippen LogP) is 3.67. The van der Waals surface area contributed by atoms with Crippen molar-refractivity contribution in [3.8, 4) is 0 Å². The van der Waals surface area contributed by atoms with Gasteiger partial charge in [-0.05, 0) is 37.5 Å². The van der Waals surface area contributed by atoms with Gasteiger partial charge in [-0.15, -0.1) is 0 Å². The van der Waals surface area contributed by atoms with Crippen LogP contribution in [0.3, 0.4) is 0 Å². The lowest BCUT2D eigenvalue weighted by Crippen LogP contribution is -2.36. The normalized spacial score (nSPS) is 22.3. The molecule has 0 saturated carbocycles. The smallest absolute Gasteiger partial charge is 0.219 e. The van der Waals surface area contributed by atoms with Crippen LogP contribution in [0.25, 0.3) is 0 Å². The monoisotopic (exact) mass is 391 g/mol. The van der Waals surface area contributed by atoms with Crippen LogP contribution in [0.15, 0.2) is 24.4 Å². The van der Waals surface area contributed by atoms with E-state index in [1.807, 2.05) is 11.0 Å². The maximum Gasteiger partial charge on any atom is 0.219 e. The second-order valence-electron chi connectivity index (χ2n) is 7.79. The number of amides is 1. The van der Waals surface area contributed by atoms with Gasteiger partial charge in [0.2, 0.25) is 5.91 Å². The molecule has 1 atom stereocenters. The Bertz CT molecular complexity index is 876. The van der Waals surface area contributed by atoms with Gasteiger partial charge in [0.15, 0.2) is 5.13 Å². The number of aromatic nitrogens is 1. The van der Waals surface area contributed by atoms with Crippen LogP contribution in [0.2, 0.25) is 4.34 Å². The number of halogens is 1. The van der Waals surface area contributed by atoms with Crippen molar-refractivity contribution in [1.29, 1.82) is 0 Å². The Morgan fingerprint density at radius 1 is 1.38 bits per heavy atom. The van der Waals surface area contributed by atoms with E-state index in [0.29, 0.717) is 10.9 Å². The molecule has 1 aromatic carbocycles. The van der Waals surface area contributed by atoms with Gasteiger partial charge in [-0.3, -0.25) is 4.79 Å². The Balaban J connectivity index is 1.82. The first-order valence-corrected chi connectivity index (χ1v) is 9.91. The number of hydrogen-bond acceptors (Lipinski definition) is 5. The Hall–Kier alpha value is -1.63. The molecule has 0 bridgehead atoms. The molecule has 1 N–H and O–H groups in total. The molecule has 1 fully saturated rings. The van der Waals surface area contributed by atoms with Crippen LogP contribution in [-0.2, 0) is 15.8 Å². The van der Waals surface area contributed by atoms with Crippen molar-refractivity contribution in [3.05, 3.63) is 39.9 Å². The highest BCUT2D eigenvalue weighted by Gasteiger charge is 2.49.